The van der Waals surface area contributed by atoms with Crippen LogP contribution in [-0.4, -0.2) is 34.8 Å². The summed E-state index contributed by atoms with van der Waals surface area (Å²) < 4.78 is 5.63. The second kappa shape index (κ2) is 4.19. The van der Waals surface area contributed by atoms with E-state index >= 15 is 0 Å². The lowest BCUT2D eigenvalue weighted by Crippen LogP contribution is -2.65. The number of ether oxygens (including phenoxy) is 1. The molecule has 2 heterocycles. The molecule has 6 heteroatoms. The molecule has 3 N–H and O–H groups in total. The van der Waals surface area contributed by atoms with Crippen molar-refractivity contribution < 1.29 is 4.74 Å². The zero-order valence-corrected chi connectivity index (χ0v) is 10.1. The van der Waals surface area contributed by atoms with E-state index in [1.54, 1.807) is 6.07 Å². The summed E-state index contributed by atoms with van der Waals surface area (Å²) in [7, 11) is 0. The molecule has 0 radical (unpaired) electrons. The van der Waals surface area contributed by atoms with Gasteiger partial charge in [-0.3, -0.25) is 0 Å². The van der Waals surface area contributed by atoms with Gasteiger partial charge in [0.2, 0.25) is 5.95 Å². The Morgan fingerprint density at radius 3 is 3.17 bits per heavy atom. The third-order valence-corrected chi connectivity index (χ3v) is 3.71. The topological polar surface area (TPSA) is 96.9 Å². The van der Waals surface area contributed by atoms with E-state index in [1.165, 1.54) is 0 Å². The molecule has 1 aliphatic carbocycles. The number of nitrogens with two attached hydrogens (primary N) is 1. The molecule has 0 amide bonds. The molecular weight excluding hydrogens is 230 g/mol. The van der Waals surface area contributed by atoms with Gasteiger partial charge in [0.25, 0.3) is 0 Å². The number of nitrogens with zero attached hydrogens (tertiary/aromatic N) is 3. The van der Waals surface area contributed by atoms with Crippen LogP contribution < -0.4 is 11.1 Å². The van der Waals surface area contributed by atoms with Crippen LogP contribution in [0.5, 0.6) is 0 Å². The fraction of sp³-hybridized carbons (Fsp3) is 0.583. The van der Waals surface area contributed by atoms with Gasteiger partial charge < -0.3 is 15.8 Å². The predicted octanol–water partition coefficient (Wildman–Crippen LogP) is 0.183. The minimum Gasteiger partial charge on any atom is -0.376 e. The highest BCUT2D eigenvalue weighted by Crippen LogP contribution is 2.38. The third kappa shape index (κ3) is 1.72. The summed E-state index contributed by atoms with van der Waals surface area (Å²) >= 11 is 0. The normalized spacial score (nSPS) is 33.4. The number of rotatable bonds is 2. The third-order valence-electron chi connectivity index (χ3n) is 3.71. The lowest BCUT2D eigenvalue weighted by Gasteiger charge is -2.45. The van der Waals surface area contributed by atoms with E-state index in [0.717, 1.165) is 18.7 Å². The fourth-order valence-corrected chi connectivity index (χ4v) is 2.77. The highest BCUT2D eigenvalue weighted by molar-refractivity contribution is 5.36. The lowest BCUT2D eigenvalue weighted by molar-refractivity contribution is 0.00508. The summed E-state index contributed by atoms with van der Waals surface area (Å²) in [5.41, 5.74) is 7.23. The first-order valence-electron chi connectivity index (χ1n) is 6.08. The number of nitriles is 1. The molecule has 4 unspecified atom stereocenters. The average Bonchev–Trinajstić information content (AvgIpc) is 2.80. The van der Waals surface area contributed by atoms with Gasteiger partial charge >= 0.3 is 0 Å². The quantitative estimate of drug-likeness (QED) is 0.771. The van der Waals surface area contributed by atoms with Crippen LogP contribution in [0.15, 0.2) is 6.07 Å². The zero-order valence-electron chi connectivity index (χ0n) is 10.1. The van der Waals surface area contributed by atoms with Gasteiger partial charge in [-0.05, 0) is 19.4 Å². The maximum absolute atomic E-state index is 8.88. The highest BCUT2D eigenvalue weighted by Gasteiger charge is 2.52. The summed E-state index contributed by atoms with van der Waals surface area (Å²) in [5.74, 6) is 0.906. The van der Waals surface area contributed by atoms with Crippen molar-refractivity contribution in [3.05, 3.63) is 17.5 Å². The van der Waals surface area contributed by atoms with Crippen LogP contribution in [0, 0.1) is 24.2 Å². The van der Waals surface area contributed by atoms with Crippen molar-refractivity contribution >= 4 is 5.95 Å². The maximum Gasteiger partial charge on any atom is 0.224 e. The number of nitrogens with one attached hydrogen (secondary N) is 1. The van der Waals surface area contributed by atoms with Crippen LogP contribution in [0.3, 0.4) is 0 Å². The fourth-order valence-electron chi connectivity index (χ4n) is 2.77. The van der Waals surface area contributed by atoms with Crippen LogP contribution in [0.4, 0.5) is 5.95 Å². The van der Waals surface area contributed by atoms with Gasteiger partial charge in [0.05, 0.1) is 12.1 Å². The van der Waals surface area contributed by atoms with Gasteiger partial charge in [-0.25, -0.2) is 9.97 Å². The molecule has 18 heavy (non-hydrogen) atoms. The van der Waals surface area contributed by atoms with Gasteiger partial charge in [-0.2, -0.15) is 5.26 Å². The van der Waals surface area contributed by atoms with Crippen molar-refractivity contribution in [3.8, 4) is 6.07 Å². The zero-order chi connectivity index (χ0) is 12.7. The molecule has 0 spiro atoms. The van der Waals surface area contributed by atoms with Gasteiger partial charge in [0.1, 0.15) is 11.8 Å². The first-order valence-corrected chi connectivity index (χ1v) is 6.08. The molecule has 0 bridgehead atoms. The second-order valence-electron chi connectivity index (χ2n) is 4.87. The van der Waals surface area contributed by atoms with Crippen LogP contribution in [0.2, 0.25) is 0 Å². The number of aromatic nitrogens is 2. The Hall–Kier alpha value is -1.71. The largest absolute Gasteiger partial charge is 0.376 e. The molecule has 1 saturated heterocycles. The molecular formula is C12H15N5O. The van der Waals surface area contributed by atoms with Gasteiger partial charge in [-0.15, -0.1) is 0 Å². The van der Waals surface area contributed by atoms with Crippen molar-refractivity contribution in [1.29, 1.82) is 5.26 Å². The summed E-state index contributed by atoms with van der Waals surface area (Å²) in [6.07, 6.45) is 1.19. The van der Waals surface area contributed by atoms with E-state index < -0.39 is 0 Å². The minimum atomic E-state index is 0.0471. The summed E-state index contributed by atoms with van der Waals surface area (Å²) in [5, 5.41) is 12.1. The van der Waals surface area contributed by atoms with Crippen molar-refractivity contribution in [2.45, 2.75) is 31.5 Å². The first kappa shape index (κ1) is 11.4. The van der Waals surface area contributed by atoms with Crippen molar-refractivity contribution in [2.24, 2.45) is 11.7 Å². The van der Waals surface area contributed by atoms with E-state index in [1.807, 2.05) is 13.0 Å². The van der Waals surface area contributed by atoms with E-state index in [2.05, 4.69) is 15.3 Å². The highest BCUT2D eigenvalue weighted by atomic mass is 16.5. The van der Waals surface area contributed by atoms with Gasteiger partial charge in [0.15, 0.2) is 0 Å². The smallest absolute Gasteiger partial charge is 0.224 e. The predicted molar refractivity (Wildman–Crippen MR) is 64.7 cm³/mol. The second-order valence-corrected chi connectivity index (χ2v) is 4.87. The Kier molecular flexibility index (Phi) is 2.65. The van der Waals surface area contributed by atoms with Crippen molar-refractivity contribution in [2.75, 3.05) is 11.9 Å². The van der Waals surface area contributed by atoms with E-state index in [-0.39, 0.29) is 18.2 Å². The molecule has 1 aromatic rings. The number of hydrogen-bond donors (Lipinski definition) is 2. The van der Waals surface area contributed by atoms with E-state index in [9.17, 15) is 0 Å². The molecule has 3 rings (SSSR count). The standard InChI is InChI=1S/C12H15N5O/c1-6-4-7(5-13)16-12(15-6)17-10-9(14)8-2-3-18-11(8)10/h4,8-11H,2-3,14H2,1H3,(H,15,16,17). The average molecular weight is 245 g/mol. The van der Waals surface area contributed by atoms with Crippen molar-refractivity contribution in [3.63, 3.8) is 0 Å². The number of aryl methyl sites for hydroxylation is 1. The molecule has 1 aliphatic heterocycles. The SMILES string of the molecule is Cc1cc(C#N)nc(NC2C(N)C3CCOC32)n1. The Morgan fingerprint density at radius 2 is 2.39 bits per heavy atom. The molecule has 6 nitrogen and oxygen atoms in total. The molecule has 94 valence electrons. The summed E-state index contributed by atoms with van der Waals surface area (Å²) in [4.78, 5) is 8.40. The molecule has 2 aliphatic rings. The molecule has 0 aromatic carbocycles. The van der Waals surface area contributed by atoms with Crippen molar-refractivity contribution in [1.82, 2.24) is 9.97 Å². The Bertz CT molecular complexity index is 512. The van der Waals surface area contributed by atoms with Crippen LogP contribution in [0.25, 0.3) is 0 Å². The number of fused-ring (bicyclic) bond motifs is 1. The Labute approximate surface area is 105 Å². The Morgan fingerprint density at radius 1 is 1.56 bits per heavy atom. The monoisotopic (exact) mass is 245 g/mol. The number of hydrogen-bond acceptors (Lipinski definition) is 6. The van der Waals surface area contributed by atoms with Crippen LogP contribution in [0.1, 0.15) is 17.8 Å². The summed E-state index contributed by atoms with van der Waals surface area (Å²) in [6, 6.07) is 3.80. The Balaban J connectivity index is 1.77. The van der Waals surface area contributed by atoms with Crippen LogP contribution in [-0.2, 0) is 4.74 Å². The van der Waals surface area contributed by atoms with Gasteiger partial charge in [-0.1, -0.05) is 0 Å². The molecule has 2 fully saturated rings. The minimum absolute atomic E-state index is 0.0471. The number of anilines is 1. The van der Waals surface area contributed by atoms with Gasteiger partial charge in [0, 0.05) is 24.3 Å². The maximum atomic E-state index is 8.88. The molecule has 4 atom stereocenters. The van der Waals surface area contributed by atoms with E-state index in [4.69, 9.17) is 15.7 Å². The van der Waals surface area contributed by atoms with E-state index in [0.29, 0.717) is 17.6 Å². The summed E-state index contributed by atoms with van der Waals surface area (Å²) in [6.45, 7) is 2.61. The molecule has 1 aromatic heterocycles. The first-order chi connectivity index (χ1) is 8.69. The lowest BCUT2D eigenvalue weighted by atomic mass is 9.72. The molecule has 1 saturated carbocycles. The van der Waals surface area contributed by atoms with Crippen LogP contribution >= 0.6 is 0 Å².